The largest absolute Gasteiger partial charge is 0.0843 e. The van der Waals surface area contributed by atoms with Crippen LogP contribution in [0.15, 0.2) is 48.5 Å². The molecule has 1 fully saturated rings. The molecule has 26 heavy (non-hydrogen) atoms. The first kappa shape index (κ1) is 19.5. The van der Waals surface area contributed by atoms with Crippen molar-refractivity contribution in [2.24, 2.45) is 11.8 Å². The highest BCUT2D eigenvalue weighted by molar-refractivity contribution is 6.30. The number of hydrogen-bond donors (Lipinski definition) is 0. The van der Waals surface area contributed by atoms with Gasteiger partial charge < -0.3 is 0 Å². The molecule has 1 saturated carbocycles. The SMILES string of the molecule is CCCCCC1CCC(CCc2ccc(-c3ccc(Cl)cc3)cc2)CC1. The van der Waals surface area contributed by atoms with Gasteiger partial charge in [0.1, 0.15) is 0 Å². The van der Waals surface area contributed by atoms with E-state index in [0.717, 1.165) is 16.9 Å². The third-order valence-corrected chi connectivity index (χ3v) is 6.41. The van der Waals surface area contributed by atoms with E-state index in [4.69, 9.17) is 11.6 Å². The summed E-state index contributed by atoms with van der Waals surface area (Å²) in [4.78, 5) is 0. The first-order valence-electron chi connectivity index (χ1n) is 10.6. The zero-order valence-corrected chi connectivity index (χ0v) is 17.0. The van der Waals surface area contributed by atoms with E-state index in [-0.39, 0.29) is 0 Å². The van der Waals surface area contributed by atoms with Gasteiger partial charge in [-0.15, -0.1) is 0 Å². The lowest BCUT2D eigenvalue weighted by molar-refractivity contribution is 0.249. The Morgan fingerprint density at radius 1 is 0.731 bits per heavy atom. The van der Waals surface area contributed by atoms with Crippen LogP contribution in [0, 0.1) is 11.8 Å². The van der Waals surface area contributed by atoms with Crippen LogP contribution in [-0.2, 0) is 6.42 Å². The maximum atomic E-state index is 5.98. The highest BCUT2D eigenvalue weighted by Gasteiger charge is 2.20. The van der Waals surface area contributed by atoms with Gasteiger partial charge in [-0.1, -0.05) is 106 Å². The van der Waals surface area contributed by atoms with Crippen molar-refractivity contribution in [2.75, 3.05) is 0 Å². The van der Waals surface area contributed by atoms with Crippen LogP contribution < -0.4 is 0 Å². The van der Waals surface area contributed by atoms with Crippen LogP contribution >= 0.6 is 11.6 Å². The van der Waals surface area contributed by atoms with Crippen molar-refractivity contribution in [1.82, 2.24) is 0 Å². The van der Waals surface area contributed by atoms with Crippen molar-refractivity contribution in [2.45, 2.75) is 71.1 Å². The Hall–Kier alpha value is -1.27. The molecule has 1 aliphatic rings. The molecule has 0 aliphatic heterocycles. The van der Waals surface area contributed by atoms with Gasteiger partial charge in [0.25, 0.3) is 0 Å². The van der Waals surface area contributed by atoms with Crippen molar-refractivity contribution in [3.05, 3.63) is 59.1 Å². The molecule has 0 radical (unpaired) electrons. The summed E-state index contributed by atoms with van der Waals surface area (Å²) in [5, 5.41) is 0.797. The lowest BCUT2D eigenvalue weighted by Crippen LogP contribution is -2.15. The summed E-state index contributed by atoms with van der Waals surface area (Å²) in [6.07, 6.45) is 14.2. The average Bonchev–Trinajstić information content (AvgIpc) is 2.69. The number of hydrogen-bond acceptors (Lipinski definition) is 0. The minimum Gasteiger partial charge on any atom is -0.0843 e. The van der Waals surface area contributed by atoms with Gasteiger partial charge in [0.2, 0.25) is 0 Å². The predicted molar refractivity (Wildman–Crippen MR) is 115 cm³/mol. The second-order valence-corrected chi connectivity index (χ2v) is 8.56. The monoisotopic (exact) mass is 368 g/mol. The Bertz CT molecular complexity index is 633. The fourth-order valence-electron chi connectivity index (χ4n) is 4.37. The van der Waals surface area contributed by atoms with Crippen LogP contribution in [0.1, 0.15) is 70.3 Å². The number of benzene rings is 2. The van der Waals surface area contributed by atoms with E-state index in [1.807, 2.05) is 12.1 Å². The summed E-state index contributed by atoms with van der Waals surface area (Å²) in [5.74, 6) is 1.98. The van der Waals surface area contributed by atoms with E-state index < -0.39 is 0 Å². The summed E-state index contributed by atoms with van der Waals surface area (Å²) >= 11 is 5.98. The standard InChI is InChI=1S/C25H33Cl/c1-2-3-4-5-20-6-8-21(9-7-20)10-11-22-12-14-23(15-13-22)24-16-18-25(26)19-17-24/h12-21H,2-11H2,1H3. The summed E-state index contributed by atoms with van der Waals surface area (Å²) in [6.45, 7) is 2.30. The molecule has 2 aromatic carbocycles. The maximum Gasteiger partial charge on any atom is 0.0406 e. The fourth-order valence-corrected chi connectivity index (χ4v) is 4.49. The Morgan fingerprint density at radius 3 is 1.85 bits per heavy atom. The number of halogens is 1. The van der Waals surface area contributed by atoms with Crippen molar-refractivity contribution in [1.29, 1.82) is 0 Å². The Morgan fingerprint density at radius 2 is 1.27 bits per heavy atom. The number of rotatable bonds is 8. The molecular weight excluding hydrogens is 336 g/mol. The number of aryl methyl sites for hydroxylation is 1. The third kappa shape index (κ3) is 5.88. The summed E-state index contributed by atoms with van der Waals surface area (Å²) in [5.41, 5.74) is 3.99. The molecule has 1 aliphatic carbocycles. The van der Waals surface area contributed by atoms with E-state index in [9.17, 15) is 0 Å². The van der Waals surface area contributed by atoms with E-state index in [1.54, 1.807) is 0 Å². The van der Waals surface area contributed by atoms with Gasteiger partial charge in [0, 0.05) is 5.02 Å². The molecule has 1 heteroatoms. The van der Waals surface area contributed by atoms with Gasteiger partial charge in [0.15, 0.2) is 0 Å². The van der Waals surface area contributed by atoms with E-state index >= 15 is 0 Å². The molecule has 0 spiro atoms. The molecule has 0 heterocycles. The number of unbranched alkanes of at least 4 members (excludes halogenated alkanes) is 2. The van der Waals surface area contributed by atoms with E-state index in [0.29, 0.717) is 0 Å². The normalized spacial score (nSPS) is 20.2. The molecule has 0 nitrogen and oxygen atoms in total. The predicted octanol–water partition coefficient (Wildman–Crippen LogP) is 8.33. The molecular formula is C25H33Cl. The van der Waals surface area contributed by atoms with Crippen LogP contribution in [0.25, 0.3) is 11.1 Å². The Labute approximate surface area is 165 Å². The highest BCUT2D eigenvalue weighted by atomic mass is 35.5. The molecule has 0 bridgehead atoms. The first-order valence-corrected chi connectivity index (χ1v) is 11.0. The molecule has 3 rings (SSSR count). The van der Waals surface area contributed by atoms with Gasteiger partial charge in [0.05, 0.1) is 0 Å². The summed E-state index contributed by atoms with van der Waals surface area (Å²) < 4.78 is 0. The molecule has 0 atom stereocenters. The smallest absolute Gasteiger partial charge is 0.0406 e. The molecule has 0 aromatic heterocycles. The topological polar surface area (TPSA) is 0 Å². The first-order chi connectivity index (χ1) is 12.7. The van der Waals surface area contributed by atoms with Gasteiger partial charge in [-0.25, -0.2) is 0 Å². The summed E-state index contributed by atoms with van der Waals surface area (Å²) in [6, 6.07) is 17.2. The van der Waals surface area contributed by atoms with Crippen molar-refractivity contribution in [3.8, 4) is 11.1 Å². The average molecular weight is 369 g/mol. The molecule has 0 N–H and O–H groups in total. The maximum absolute atomic E-state index is 5.98. The summed E-state index contributed by atoms with van der Waals surface area (Å²) in [7, 11) is 0. The van der Waals surface area contributed by atoms with Crippen molar-refractivity contribution < 1.29 is 0 Å². The Balaban J connectivity index is 1.42. The van der Waals surface area contributed by atoms with Gasteiger partial charge in [-0.3, -0.25) is 0 Å². The molecule has 0 unspecified atom stereocenters. The van der Waals surface area contributed by atoms with Gasteiger partial charge in [-0.05, 0) is 53.5 Å². The van der Waals surface area contributed by atoms with E-state index in [2.05, 4.69) is 43.3 Å². The van der Waals surface area contributed by atoms with Crippen LogP contribution in [0.5, 0.6) is 0 Å². The lowest BCUT2D eigenvalue weighted by Gasteiger charge is -2.28. The van der Waals surface area contributed by atoms with Gasteiger partial charge in [-0.2, -0.15) is 0 Å². The van der Waals surface area contributed by atoms with Crippen molar-refractivity contribution >= 4 is 11.6 Å². The minimum atomic E-state index is 0.797. The minimum absolute atomic E-state index is 0.797. The third-order valence-electron chi connectivity index (χ3n) is 6.16. The quantitative estimate of drug-likeness (QED) is 0.411. The van der Waals surface area contributed by atoms with Crippen LogP contribution in [0.3, 0.4) is 0 Å². The zero-order valence-electron chi connectivity index (χ0n) is 16.2. The zero-order chi connectivity index (χ0) is 18.2. The Kier molecular flexibility index (Phi) is 7.62. The highest BCUT2D eigenvalue weighted by Crippen LogP contribution is 2.34. The molecule has 2 aromatic rings. The van der Waals surface area contributed by atoms with Gasteiger partial charge >= 0.3 is 0 Å². The van der Waals surface area contributed by atoms with Crippen molar-refractivity contribution in [3.63, 3.8) is 0 Å². The fraction of sp³-hybridized carbons (Fsp3) is 0.520. The molecule has 140 valence electrons. The lowest BCUT2D eigenvalue weighted by atomic mass is 9.78. The molecule has 0 amide bonds. The van der Waals surface area contributed by atoms with Crippen LogP contribution in [0.4, 0.5) is 0 Å². The second kappa shape index (κ2) is 10.2. The van der Waals surface area contributed by atoms with Crippen LogP contribution in [0.2, 0.25) is 5.02 Å². The second-order valence-electron chi connectivity index (χ2n) is 8.13. The molecule has 0 saturated heterocycles. The van der Waals surface area contributed by atoms with Crippen LogP contribution in [-0.4, -0.2) is 0 Å². The van der Waals surface area contributed by atoms with E-state index in [1.165, 1.54) is 80.9 Å².